The van der Waals surface area contributed by atoms with Gasteiger partial charge in [0.2, 0.25) is 0 Å². The molecule has 1 N–H and O–H groups in total. The number of aromatic nitrogens is 1. The second-order valence-electron chi connectivity index (χ2n) is 4.52. The average molecular weight is 325 g/mol. The van der Waals surface area contributed by atoms with Crippen molar-refractivity contribution < 1.29 is 9.90 Å². The monoisotopic (exact) mass is 324 g/mol. The molecule has 0 aliphatic heterocycles. The molecule has 0 aliphatic carbocycles. The van der Waals surface area contributed by atoms with Crippen molar-refractivity contribution in [1.29, 1.82) is 0 Å². The molecule has 2 aromatic rings. The number of hydrogen-bond donors (Lipinski definition) is 1. The topological polar surface area (TPSA) is 53.4 Å². The van der Waals surface area contributed by atoms with E-state index in [4.69, 9.17) is 16.7 Å². The minimum absolute atomic E-state index is 0.0170. The van der Waals surface area contributed by atoms with Crippen molar-refractivity contribution in [3.05, 3.63) is 34.2 Å². The predicted molar refractivity (Wildman–Crippen MR) is 87.5 cm³/mol. The van der Waals surface area contributed by atoms with Crippen LogP contribution in [0.4, 0.5) is 5.13 Å². The lowest BCUT2D eigenvalue weighted by atomic mass is 10.1. The number of nitrogens with zero attached hydrogens (tertiary/aromatic N) is 2. The third-order valence-electron chi connectivity index (χ3n) is 3.15. The molecule has 0 saturated carbocycles. The molecule has 0 unspecified atom stereocenters. The summed E-state index contributed by atoms with van der Waals surface area (Å²) in [6.07, 6.45) is -0.0170. The maximum atomic E-state index is 11.1. The quantitative estimate of drug-likeness (QED) is 0.874. The van der Waals surface area contributed by atoms with Gasteiger partial charge in [-0.25, -0.2) is 4.98 Å². The van der Waals surface area contributed by atoms with Crippen molar-refractivity contribution in [1.82, 2.24) is 4.98 Å². The van der Waals surface area contributed by atoms with Gasteiger partial charge < -0.3 is 10.0 Å². The molecular weight excluding hydrogens is 308 g/mol. The second-order valence-corrected chi connectivity index (χ2v) is 6.02. The highest BCUT2D eigenvalue weighted by Gasteiger charge is 2.18. The molecular formula is C15H17ClN2O2S. The van der Waals surface area contributed by atoms with E-state index in [9.17, 15) is 4.79 Å². The van der Waals surface area contributed by atoms with Gasteiger partial charge in [-0.1, -0.05) is 23.7 Å². The fraction of sp³-hybridized carbons (Fsp3) is 0.333. The minimum atomic E-state index is -0.847. The molecule has 0 saturated heterocycles. The molecule has 0 spiro atoms. The molecule has 0 atom stereocenters. The van der Waals surface area contributed by atoms with Crippen LogP contribution in [0.3, 0.4) is 0 Å². The zero-order valence-electron chi connectivity index (χ0n) is 12.0. The van der Waals surface area contributed by atoms with Gasteiger partial charge in [-0.3, -0.25) is 4.79 Å². The van der Waals surface area contributed by atoms with Crippen LogP contribution in [0.15, 0.2) is 24.3 Å². The van der Waals surface area contributed by atoms with E-state index in [1.165, 1.54) is 11.3 Å². The number of benzene rings is 1. The van der Waals surface area contributed by atoms with E-state index in [0.29, 0.717) is 5.02 Å². The first-order valence-corrected chi connectivity index (χ1v) is 7.97. The van der Waals surface area contributed by atoms with Gasteiger partial charge in [0, 0.05) is 28.6 Å². The molecule has 0 aliphatic rings. The van der Waals surface area contributed by atoms with Gasteiger partial charge >= 0.3 is 5.97 Å². The van der Waals surface area contributed by atoms with Crippen LogP contribution < -0.4 is 4.90 Å². The van der Waals surface area contributed by atoms with Crippen molar-refractivity contribution in [2.75, 3.05) is 18.0 Å². The van der Waals surface area contributed by atoms with Crippen LogP contribution in [0.5, 0.6) is 0 Å². The summed E-state index contributed by atoms with van der Waals surface area (Å²) in [6, 6.07) is 7.32. The molecule has 21 heavy (non-hydrogen) atoms. The summed E-state index contributed by atoms with van der Waals surface area (Å²) >= 11 is 7.35. The van der Waals surface area contributed by atoms with Gasteiger partial charge in [-0.05, 0) is 26.0 Å². The molecule has 0 radical (unpaired) electrons. The molecule has 1 aromatic heterocycles. The van der Waals surface area contributed by atoms with E-state index >= 15 is 0 Å². The smallest absolute Gasteiger partial charge is 0.308 e. The fourth-order valence-corrected chi connectivity index (χ4v) is 3.39. The van der Waals surface area contributed by atoms with Crippen molar-refractivity contribution in [2.45, 2.75) is 20.3 Å². The standard InChI is InChI=1S/C15H17ClN2O2S/c1-3-18(4-2)15-17-14(12(21-15)9-13(19)20)10-5-7-11(16)8-6-10/h5-8H,3-4,9H2,1-2H3,(H,19,20). The molecule has 2 rings (SSSR count). The van der Waals surface area contributed by atoms with Crippen LogP contribution in [0, 0.1) is 0 Å². The lowest BCUT2D eigenvalue weighted by molar-refractivity contribution is -0.136. The Morgan fingerprint density at radius 1 is 1.29 bits per heavy atom. The SMILES string of the molecule is CCN(CC)c1nc(-c2ccc(Cl)cc2)c(CC(=O)O)s1. The molecule has 1 aromatic carbocycles. The van der Waals surface area contributed by atoms with E-state index in [2.05, 4.69) is 23.7 Å². The number of carbonyl (C=O) groups is 1. The number of rotatable bonds is 6. The van der Waals surface area contributed by atoms with E-state index in [1.807, 2.05) is 12.1 Å². The summed E-state index contributed by atoms with van der Waals surface area (Å²) in [5, 5.41) is 10.6. The number of carboxylic acids is 1. The first kappa shape index (κ1) is 15.8. The van der Waals surface area contributed by atoms with Crippen LogP contribution in [0.2, 0.25) is 5.02 Å². The number of halogens is 1. The molecule has 1 heterocycles. The number of carboxylic acid groups (broad SMARTS) is 1. The lowest BCUT2D eigenvalue weighted by Gasteiger charge is -2.16. The summed E-state index contributed by atoms with van der Waals surface area (Å²) in [6.45, 7) is 5.81. The number of thiazole rings is 1. The Labute approximate surface area is 133 Å². The van der Waals surface area contributed by atoms with Crippen molar-refractivity contribution in [2.24, 2.45) is 0 Å². The highest BCUT2D eigenvalue weighted by molar-refractivity contribution is 7.16. The summed E-state index contributed by atoms with van der Waals surface area (Å²) in [7, 11) is 0. The van der Waals surface area contributed by atoms with Crippen LogP contribution >= 0.6 is 22.9 Å². The molecule has 6 heteroatoms. The summed E-state index contributed by atoms with van der Waals surface area (Å²) < 4.78 is 0. The summed E-state index contributed by atoms with van der Waals surface area (Å²) in [5.41, 5.74) is 1.63. The molecule has 112 valence electrons. The van der Waals surface area contributed by atoms with Crippen LogP contribution in [-0.4, -0.2) is 29.1 Å². The van der Waals surface area contributed by atoms with Crippen molar-refractivity contribution >= 4 is 34.0 Å². The minimum Gasteiger partial charge on any atom is -0.481 e. The largest absolute Gasteiger partial charge is 0.481 e. The highest BCUT2D eigenvalue weighted by atomic mass is 35.5. The first-order valence-electron chi connectivity index (χ1n) is 6.77. The van der Waals surface area contributed by atoms with Crippen LogP contribution in [0.25, 0.3) is 11.3 Å². The zero-order valence-corrected chi connectivity index (χ0v) is 13.5. The van der Waals surface area contributed by atoms with E-state index in [0.717, 1.165) is 34.4 Å². The van der Waals surface area contributed by atoms with Crippen LogP contribution in [0.1, 0.15) is 18.7 Å². The van der Waals surface area contributed by atoms with Crippen molar-refractivity contribution in [3.63, 3.8) is 0 Å². The van der Waals surface area contributed by atoms with Gasteiger partial charge in [0.1, 0.15) is 0 Å². The van der Waals surface area contributed by atoms with E-state index < -0.39 is 5.97 Å². The maximum absolute atomic E-state index is 11.1. The Morgan fingerprint density at radius 2 is 1.90 bits per heavy atom. The number of aliphatic carboxylic acids is 1. The summed E-state index contributed by atoms with van der Waals surface area (Å²) in [5.74, 6) is -0.847. The Morgan fingerprint density at radius 3 is 2.43 bits per heavy atom. The normalized spacial score (nSPS) is 10.6. The van der Waals surface area contributed by atoms with E-state index in [-0.39, 0.29) is 6.42 Å². The number of anilines is 1. The van der Waals surface area contributed by atoms with Crippen molar-refractivity contribution in [3.8, 4) is 11.3 Å². The number of hydrogen-bond acceptors (Lipinski definition) is 4. The first-order chi connectivity index (χ1) is 10.0. The lowest BCUT2D eigenvalue weighted by Crippen LogP contribution is -2.21. The van der Waals surface area contributed by atoms with Gasteiger partial charge in [-0.15, -0.1) is 11.3 Å². The maximum Gasteiger partial charge on any atom is 0.308 e. The predicted octanol–water partition coefficient (Wildman–Crippen LogP) is 3.94. The fourth-order valence-electron chi connectivity index (χ4n) is 2.06. The average Bonchev–Trinajstić information content (AvgIpc) is 2.84. The highest BCUT2D eigenvalue weighted by Crippen LogP contribution is 2.34. The van der Waals surface area contributed by atoms with Gasteiger partial charge in [0.25, 0.3) is 0 Å². The van der Waals surface area contributed by atoms with E-state index in [1.54, 1.807) is 12.1 Å². The molecule has 0 bridgehead atoms. The molecule has 0 fully saturated rings. The summed E-state index contributed by atoms with van der Waals surface area (Å²) in [4.78, 5) is 18.6. The van der Waals surface area contributed by atoms with Gasteiger partial charge in [-0.2, -0.15) is 0 Å². The third-order valence-corrected chi connectivity index (χ3v) is 4.52. The second kappa shape index (κ2) is 6.91. The van der Waals surface area contributed by atoms with Crippen LogP contribution in [-0.2, 0) is 11.2 Å². The molecule has 4 nitrogen and oxygen atoms in total. The molecule has 0 amide bonds. The van der Waals surface area contributed by atoms with Gasteiger partial charge in [0.15, 0.2) is 5.13 Å². The zero-order chi connectivity index (χ0) is 15.4. The Balaban J connectivity index is 2.46. The Bertz CT molecular complexity index is 621. The van der Waals surface area contributed by atoms with Gasteiger partial charge in [0.05, 0.1) is 12.1 Å². The Kier molecular flexibility index (Phi) is 5.20. The third kappa shape index (κ3) is 3.74. The Hall–Kier alpha value is -1.59.